The van der Waals surface area contributed by atoms with Crippen molar-refractivity contribution in [1.29, 1.82) is 0 Å². The van der Waals surface area contributed by atoms with Gasteiger partial charge in [-0.3, -0.25) is 9.36 Å². The number of nitrogens with zero attached hydrogens (tertiary/aromatic N) is 3. The highest BCUT2D eigenvalue weighted by Crippen LogP contribution is 2.10. The summed E-state index contributed by atoms with van der Waals surface area (Å²) < 4.78 is 1.59. The van der Waals surface area contributed by atoms with Gasteiger partial charge in [-0.05, 0) is 20.8 Å². The summed E-state index contributed by atoms with van der Waals surface area (Å²) in [7, 11) is 0. The minimum atomic E-state index is -0.261. The van der Waals surface area contributed by atoms with Gasteiger partial charge in [0.25, 0.3) is 5.56 Å². The summed E-state index contributed by atoms with van der Waals surface area (Å²) >= 11 is 0. The summed E-state index contributed by atoms with van der Waals surface area (Å²) in [4.78, 5) is 22.7. The van der Waals surface area contributed by atoms with Crippen LogP contribution in [-0.4, -0.2) is 19.5 Å². The highest BCUT2D eigenvalue weighted by Gasteiger charge is 2.16. The molecule has 0 aliphatic heterocycles. The molecule has 102 valence electrons. The van der Waals surface area contributed by atoms with Crippen LogP contribution in [-0.2, 0) is 5.54 Å². The number of fused-ring (bicyclic) bond motifs is 1. The van der Waals surface area contributed by atoms with E-state index < -0.39 is 0 Å². The standard InChI is InChI=1S/C9H12N4O.2C2H6/c1-9(2,3)13-5-12-7-6(8(13)14)10-4-11-7;2*1-2/h4-5H,1-3H3,(H,10,11);2*1-2H3. The van der Waals surface area contributed by atoms with Crippen molar-refractivity contribution in [3.05, 3.63) is 23.0 Å². The summed E-state index contributed by atoms with van der Waals surface area (Å²) in [6.45, 7) is 13.9. The minimum absolute atomic E-state index is 0.0833. The Labute approximate surface area is 108 Å². The quantitative estimate of drug-likeness (QED) is 0.784. The average molecular weight is 252 g/mol. The Hall–Kier alpha value is -1.65. The Bertz CT molecular complexity index is 520. The van der Waals surface area contributed by atoms with Crippen LogP contribution >= 0.6 is 0 Å². The first-order valence-corrected chi connectivity index (χ1v) is 6.41. The van der Waals surface area contributed by atoms with E-state index in [1.807, 2.05) is 48.5 Å². The fourth-order valence-electron chi connectivity index (χ4n) is 1.31. The number of aromatic amines is 1. The molecular weight excluding hydrogens is 228 g/mol. The van der Waals surface area contributed by atoms with Crippen LogP contribution in [0.2, 0.25) is 0 Å². The van der Waals surface area contributed by atoms with Gasteiger partial charge in [-0.25, -0.2) is 9.97 Å². The van der Waals surface area contributed by atoms with E-state index in [-0.39, 0.29) is 11.1 Å². The van der Waals surface area contributed by atoms with Crippen molar-refractivity contribution in [3.63, 3.8) is 0 Å². The molecule has 2 aromatic heterocycles. The molecule has 0 radical (unpaired) electrons. The van der Waals surface area contributed by atoms with Crippen LogP contribution in [0.25, 0.3) is 11.2 Å². The van der Waals surface area contributed by atoms with Gasteiger partial charge in [0.1, 0.15) is 6.33 Å². The molecule has 5 heteroatoms. The number of rotatable bonds is 0. The maximum absolute atomic E-state index is 11.9. The van der Waals surface area contributed by atoms with E-state index in [9.17, 15) is 4.79 Å². The highest BCUT2D eigenvalue weighted by atomic mass is 16.1. The van der Waals surface area contributed by atoms with Crippen molar-refractivity contribution in [3.8, 4) is 0 Å². The van der Waals surface area contributed by atoms with Crippen LogP contribution in [0.15, 0.2) is 17.4 Å². The summed E-state index contributed by atoms with van der Waals surface area (Å²) in [6, 6.07) is 0. The first-order chi connectivity index (χ1) is 8.50. The molecule has 0 unspecified atom stereocenters. The molecule has 2 aromatic rings. The zero-order valence-electron chi connectivity index (χ0n) is 12.4. The first kappa shape index (κ1) is 16.4. The third-order valence-electron chi connectivity index (χ3n) is 2.07. The lowest BCUT2D eigenvalue weighted by Gasteiger charge is -2.20. The molecule has 0 spiro atoms. The molecule has 2 heterocycles. The Morgan fingerprint density at radius 2 is 1.67 bits per heavy atom. The number of nitrogens with one attached hydrogen (secondary N) is 1. The average Bonchev–Trinajstić information content (AvgIpc) is 2.82. The number of aromatic nitrogens is 4. The molecular formula is C13H24N4O. The molecule has 18 heavy (non-hydrogen) atoms. The molecule has 0 aromatic carbocycles. The molecule has 0 saturated carbocycles. The lowest BCUT2D eigenvalue weighted by Crippen LogP contribution is -2.33. The normalized spacial score (nSPS) is 10.2. The molecule has 0 aliphatic rings. The molecule has 2 rings (SSSR count). The van der Waals surface area contributed by atoms with Crippen LogP contribution in [0.5, 0.6) is 0 Å². The minimum Gasteiger partial charge on any atom is -0.339 e. The Morgan fingerprint density at radius 3 is 2.17 bits per heavy atom. The number of hydrogen-bond donors (Lipinski definition) is 1. The molecule has 5 nitrogen and oxygen atoms in total. The van der Waals surface area contributed by atoms with Crippen LogP contribution in [0.4, 0.5) is 0 Å². The van der Waals surface area contributed by atoms with Gasteiger partial charge >= 0.3 is 0 Å². The van der Waals surface area contributed by atoms with E-state index in [0.29, 0.717) is 11.2 Å². The SMILES string of the molecule is CC.CC.CC(C)(C)n1cnc2nc[nH]c2c1=O. The van der Waals surface area contributed by atoms with Gasteiger partial charge in [0, 0.05) is 5.54 Å². The van der Waals surface area contributed by atoms with E-state index in [2.05, 4.69) is 15.0 Å². The summed E-state index contributed by atoms with van der Waals surface area (Å²) in [5.74, 6) is 0. The monoisotopic (exact) mass is 252 g/mol. The molecule has 1 N–H and O–H groups in total. The van der Waals surface area contributed by atoms with Crippen LogP contribution in [0, 0.1) is 0 Å². The Balaban J connectivity index is 0.000000659. The fraction of sp³-hybridized carbons (Fsp3) is 0.615. The fourth-order valence-corrected chi connectivity index (χ4v) is 1.31. The second kappa shape index (κ2) is 6.93. The maximum Gasteiger partial charge on any atom is 0.279 e. The van der Waals surface area contributed by atoms with Gasteiger partial charge in [-0.15, -0.1) is 0 Å². The molecule has 0 fully saturated rings. The van der Waals surface area contributed by atoms with Crippen LogP contribution < -0.4 is 5.56 Å². The van der Waals surface area contributed by atoms with Crippen molar-refractivity contribution in [2.45, 2.75) is 54.0 Å². The molecule has 0 atom stereocenters. The van der Waals surface area contributed by atoms with Gasteiger partial charge in [0.2, 0.25) is 0 Å². The second-order valence-corrected chi connectivity index (χ2v) is 4.19. The predicted molar refractivity (Wildman–Crippen MR) is 75.8 cm³/mol. The van der Waals surface area contributed by atoms with Crippen molar-refractivity contribution in [1.82, 2.24) is 19.5 Å². The van der Waals surface area contributed by atoms with Gasteiger partial charge in [0.15, 0.2) is 11.2 Å². The van der Waals surface area contributed by atoms with Crippen molar-refractivity contribution in [2.75, 3.05) is 0 Å². The summed E-state index contributed by atoms with van der Waals surface area (Å²) in [6.07, 6.45) is 3.01. The zero-order valence-corrected chi connectivity index (χ0v) is 12.4. The van der Waals surface area contributed by atoms with Gasteiger partial charge in [0.05, 0.1) is 6.33 Å². The summed E-state index contributed by atoms with van der Waals surface area (Å²) in [5, 5.41) is 0. The van der Waals surface area contributed by atoms with E-state index in [4.69, 9.17) is 0 Å². The number of H-pyrrole nitrogens is 1. The second-order valence-electron chi connectivity index (χ2n) is 4.19. The topological polar surface area (TPSA) is 63.6 Å². The van der Waals surface area contributed by atoms with Crippen molar-refractivity contribution in [2.24, 2.45) is 0 Å². The summed E-state index contributed by atoms with van der Waals surface area (Å²) in [5.41, 5.74) is 0.585. The van der Waals surface area contributed by atoms with E-state index in [1.54, 1.807) is 4.57 Å². The lowest BCUT2D eigenvalue weighted by atomic mass is 10.1. The molecule has 0 saturated heterocycles. The smallest absolute Gasteiger partial charge is 0.279 e. The highest BCUT2D eigenvalue weighted by molar-refractivity contribution is 5.67. The molecule has 0 aliphatic carbocycles. The van der Waals surface area contributed by atoms with E-state index >= 15 is 0 Å². The largest absolute Gasteiger partial charge is 0.339 e. The molecule has 0 amide bonds. The van der Waals surface area contributed by atoms with Gasteiger partial charge in [-0.1, -0.05) is 27.7 Å². The first-order valence-electron chi connectivity index (χ1n) is 6.41. The lowest BCUT2D eigenvalue weighted by molar-refractivity contribution is 0.381. The maximum atomic E-state index is 11.9. The number of hydrogen-bond acceptors (Lipinski definition) is 3. The third-order valence-corrected chi connectivity index (χ3v) is 2.07. The van der Waals surface area contributed by atoms with Crippen LogP contribution in [0.1, 0.15) is 48.5 Å². The number of imidazole rings is 1. The van der Waals surface area contributed by atoms with Gasteiger partial charge in [-0.2, -0.15) is 0 Å². The van der Waals surface area contributed by atoms with Crippen LogP contribution in [0.3, 0.4) is 0 Å². The molecule has 0 bridgehead atoms. The zero-order chi connectivity index (χ0) is 14.3. The van der Waals surface area contributed by atoms with E-state index in [0.717, 1.165) is 0 Å². The van der Waals surface area contributed by atoms with E-state index in [1.165, 1.54) is 12.7 Å². The Morgan fingerprint density at radius 1 is 1.11 bits per heavy atom. The Kier molecular flexibility index (Phi) is 6.30. The van der Waals surface area contributed by atoms with Gasteiger partial charge < -0.3 is 4.98 Å². The van der Waals surface area contributed by atoms with Crippen molar-refractivity contribution >= 4 is 11.2 Å². The third kappa shape index (κ3) is 3.42. The predicted octanol–water partition coefficient (Wildman–Crippen LogP) is 2.93. The van der Waals surface area contributed by atoms with Crippen molar-refractivity contribution < 1.29 is 0 Å².